The minimum absolute atomic E-state index is 0.0856. The molecule has 3 nitrogen and oxygen atoms in total. The number of rotatable bonds is 2. The highest BCUT2D eigenvalue weighted by molar-refractivity contribution is 6.30. The van der Waals surface area contributed by atoms with Crippen LogP contribution in [-0.4, -0.2) is 18.2 Å². The molecule has 1 N–H and O–H groups in total. The van der Waals surface area contributed by atoms with E-state index in [1.165, 1.54) is 13.2 Å². The lowest BCUT2D eigenvalue weighted by molar-refractivity contribution is 0.0688. The van der Waals surface area contributed by atoms with Crippen LogP contribution in [0.2, 0.25) is 5.02 Å². The van der Waals surface area contributed by atoms with Gasteiger partial charge in [0.25, 0.3) is 0 Å². The quantitative estimate of drug-likeness (QED) is 0.803. The molecule has 0 aliphatic heterocycles. The van der Waals surface area contributed by atoms with Gasteiger partial charge in [-0.1, -0.05) is 11.6 Å². The predicted octanol–water partition coefficient (Wildman–Crippen LogP) is 2.19. The normalized spacial score (nSPS) is 9.77. The van der Waals surface area contributed by atoms with E-state index in [-0.39, 0.29) is 10.8 Å². The Morgan fingerprint density at radius 3 is 2.69 bits per heavy atom. The van der Waals surface area contributed by atoms with Crippen LogP contribution in [0.5, 0.6) is 5.75 Å². The lowest BCUT2D eigenvalue weighted by Gasteiger charge is -2.05. The van der Waals surface area contributed by atoms with E-state index < -0.39 is 17.3 Å². The molecule has 0 unspecified atom stereocenters. The van der Waals surface area contributed by atoms with Gasteiger partial charge in [-0.05, 0) is 12.1 Å². The molecule has 1 rings (SSSR count). The van der Waals surface area contributed by atoms with Gasteiger partial charge in [-0.3, -0.25) is 0 Å². The first-order valence-electron chi connectivity index (χ1n) is 3.32. The number of aromatic carboxylic acids is 1. The maximum atomic E-state index is 13.0. The van der Waals surface area contributed by atoms with Crippen molar-refractivity contribution in [2.75, 3.05) is 7.11 Å². The maximum absolute atomic E-state index is 13.0. The van der Waals surface area contributed by atoms with Crippen molar-refractivity contribution in [1.82, 2.24) is 0 Å². The van der Waals surface area contributed by atoms with E-state index in [0.717, 1.165) is 6.07 Å². The Morgan fingerprint density at radius 2 is 2.23 bits per heavy atom. The van der Waals surface area contributed by atoms with Gasteiger partial charge in [0.15, 0.2) is 0 Å². The molecule has 0 heterocycles. The average Bonchev–Trinajstić information content (AvgIpc) is 2.01. The second kappa shape index (κ2) is 3.62. The Morgan fingerprint density at radius 1 is 1.62 bits per heavy atom. The summed E-state index contributed by atoms with van der Waals surface area (Å²) in [7, 11) is 1.25. The van der Waals surface area contributed by atoms with Crippen molar-refractivity contribution >= 4 is 17.6 Å². The van der Waals surface area contributed by atoms with Gasteiger partial charge in [0.05, 0.1) is 7.11 Å². The van der Waals surface area contributed by atoms with Crippen molar-refractivity contribution in [2.45, 2.75) is 0 Å². The van der Waals surface area contributed by atoms with E-state index in [9.17, 15) is 9.18 Å². The Bertz CT molecular complexity index is 351. The lowest BCUT2D eigenvalue weighted by atomic mass is 10.2. The van der Waals surface area contributed by atoms with E-state index in [2.05, 4.69) is 4.74 Å². The number of ether oxygens (including phenoxy) is 1. The van der Waals surface area contributed by atoms with Gasteiger partial charge in [0.2, 0.25) is 0 Å². The van der Waals surface area contributed by atoms with Gasteiger partial charge in [-0.25, -0.2) is 9.18 Å². The summed E-state index contributed by atoms with van der Waals surface area (Å²) in [5.74, 6) is -2.37. The van der Waals surface area contributed by atoms with Gasteiger partial charge in [0.1, 0.15) is 17.1 Å². The molecule has 0 amide bonds. The van der Waals surface area contributed by atoms with Crippen LogP contribution in [0.25, 0.3) is 0 Å². The SMILES string of the molecule is COc1cc(Cl)cc(F)c1C(=O)O. The van der Waals surface area contributed by atoms with Gasteiger partial charge >= 0.3 is 5.97 Å². The summed E-state index contributed by atoms with van der Waals surface area (Å²) in [5, 5.41) is 8.70. The van der Waals surface area contributed by atoms with E-state index >= 15 is 0 Å². The fourth-order valence-electron chi connectivity index (χ4n) is 0.919. The molecular weight excluding hydrogens is 199 g/mol. The molecule has 0 atom stereocenters. The van der Waals surface area contributed by atoms with Gasteiger partial charge in [-0.2, -0.15) is 0 Å². The first-order chi connectivity index (χ1) is 6.06. The van der Waals surface area contributed by atoms with Crippen LogP contribution < -0.4 is 4.74 Å². The predicted molar refractivity (Wildman–Crippen MR) is 44.9 cm³/mol. The molecule has 0 spiro atoms. The molecule has 13 heavy (non-hydrogen) atoms. The second-order valence-electron chi connectivity index (χ2n) is 2.27. The minimum Gasteiger partial charge on any atom is -0.496 e. The molecular formula is C8H6ClFO3. The number of hydrogen-bond acceptors (Lipinski definition) is 2. The summed E-state index contributed by atoms with van der Waals surface area (Å²) < 4.78 is 17.7. The smallest absolute Gasteiger partial charge is 0.342 e. The van der Waals surface area contributed by atoms with Crippen molar-refractivity contribution in [3.05, 3.63) is 28.5 Å². The fraction of sp³-hybridized carbons (Fsp3) is 0.125. The summed E-state index contributed by atoms with van der Waals surface area (Å²) in [4.78, 5) is 10.5. The fourth-order valence-corrected chi connectivity index (χ4v) is 1.11. The molecule has 0 fully saturated rings. The molecule has 1 aromatic rings. The summed E-state index contributed by atoms with van der Waals surface area (Å²) in [6.45, 7) is 0. The summed E-state index contributed by atoms with van der Waals surface area (Å²) >= 11 is 5.49. The number of carboxylic acids is 1. The van der Waals surface area contributed by atoms with Crippen molar-refractivity contribution in [1.29, 1.82) is 0 Å². The third-order valence-corrected chi connectivity index (χ3v) is 1.67. The van der Waals surface area contributed by atoms with Crippen molar-refractivity contribution in [2.24, 2.45) is 0 Å². The lowest BCUT2D eigenvalue weighted by Crippen LogP contribution is -2.03. The molecule has 0 saturated carbocycles. The number of carbonyl (C=O) groups is 1. The molecule has 0 saturated heterocycles. The molecule has 0 aliphatic carbocycles. The van der Waals surface area contributed by atoms with Crippen molar-refractivity contribution in [3.63, 3.8) is 0 Å². The van der Waals surface area contributed by atoms with Crippen LogP contribution in [0.1, 0.15) is 10.4 Å². The first-order valence-corrected chi connectivity index (χ1v) is 3.70. The zero-order chi connectivity index (χ0) is 10.0. The Kier molecular flexibility index (Phi) is 2.72. The van der Waals surface area contributed by atoms with Crippen LogP contribution >= 0.6 is 11.6 Å². The number of hydrogen-bond donors (Lipinski definition) is 1. The third kappa shape index (κ3) is 1.89. The number of methoxy groups -OCH3 is 1. The first kappa shape index (κ1) is 9.80. The zero-order valence-electron chi connectivity index (χ0n) is 6.67. The van der Waals surface area contributed by atoms with E-state index in [4.69, 9.17) is 16.7 Å². The number of benzene rings is 1. The van der Waals surface area contributed by atoms with E-state index in [0.29, 0.717) is 0 Å². The maximum Gasteiger partial charge on any atom is 0.342 e. The molecule has 0 bridgehead atoms. The minimum atomic E-state index is -1.38. The van der Waals surface area contributed by atoms with E-state index in [1.807, 2.05) is 0 Å². The molecule has 1 aromatic carbocycles. The third-order valence-electron chi connectivity index (χ3n) is 1.45. The van der Waals surface area contributed by atoms with Gasteiger partial charge in [-0.15, -0.1) is 0 Å². The van der Waals surface area contributed by atoms with Crippen molar-refractivity contribution < 1.29 is 19.0 Å². The highest BCUT2D eigenvalue weighted by Gasteiger charge is 2.17. The molecule has 70 valence electrons. The molecule has 0 aromatic heterocycles. The standard InChI is InChI=1S/C8H6ClFO3/c1-13-6-3-4(9)2-5(10)7(6)8(11)12/h2-3H,1H3,(H,11,12). The van der Waals surface area contributed by atoms with Gasteiger partial charge < -0.3 is 9.84 Å². The molecule has 5 heteroatoms. The zero-order valence-corrected chi connectivity index (χ0v) is 7.43. The Hall–Kier alpha value is -1.29. The molecule has 0 radical (unpaired) electrons. The summed E-state index contributed by atoms with van der Waals surface area (Å²) in [6.07, 6.45) is 0. The monoisotopic (exact) mass is 204 g/mol. The second-order valence-corrected chi connectivity index (χ2v) is 2.71. The Balaban J connectivity index is 3.38. The van der Waals surface area contributed by atoms with Crippen LogP contribution in [0.3, 0.4) is 0 Å². The van der Waals surface area contributed by atoms with E-state index in [1.54, 1.807) is 0 Å². The Labute approximate surface area is 78.7 Å². The van der Waals surface area contributed by atoms with Crippen LogP contribution in [0.15, 0.2) is 12.1 Å². The number of carboxylic acid groups (broad SMARTS) is 1. The summed E-state index contributed by atoms with van der Waals surface area (Å²) in [5.41, 5.74) is -0.508. The van der Waals surface area contributed by atoms with Crippen LogP contribution in [-0.2, 0) is 0 Å². The molecule has 0 aliphatic rings. The van der Waals surface area contributed by atoms with Crippen LogP contribution in [0.4, 0.5) is 4.39 Å². The highest BCUT2D eigenvalue weighted by Crippen LogP contribution is 2.26. The summed E-state index contributed by atoms with van der Waals surface area (Å²) in [6, 6.07) is 2.17. The average molecular weight is 205 g/mol. The van der Waals surface area contributed by atoms with Gasteiger partial charge in [0, 0.05) is 5.02 Å². The number of halogens is 2. The largest absolute Gasteiger partial charge is 0.496 e. The topological polar surface area (TPSA) is 46.5 Å². The highest BCUT2D eigenvalue weighted by atomic mass is 35.5. The van der Waals surface area contributed by atoms with Crippen LogP contribution in [0, 0.1) is 5.82 Å². The van der Waals surface area contributed by atoms with Crippen molar-refractivity contribution in [3.8, 4) is 5.75 Å².